The number of primary amides is 1. The quantitative estimate of drug-likeness (QED) is 0.712. The summed E-state index contributed by atoms with van der Waals surface area (Å²) in [5.41, 5.74) is 8.15. The molecule has 3 aromatic heterocycles. The van der Waals surface area contributed by atoms with Gasteiger partial charge >= 0.3 is 0 Å². The predicted octanol–water partition coefficient (Wildman–Crippen LogP) is 1.72. The van der Waals surface area contributed by atoms with E-state index in [4.69, 9.17) is 5.73 Å². The normalized spacial score (nSPS) is 10.7. The minimum Gasteiger partial charge on any atom is -0.366 e. The van der Waals surface area contributed by atoms with Gasteiger partial charge in [-0.1, -0.05) is 0 Å². The first-order valence-electron chi connectivity index (χ1n) is 5.44. The summed E-state index contributed by atoms with van der Waals surface area (Å²) in [6.45, 7) is 0. The highest BCUT2D eigenvalue weighted by Gasteiger charge is 2.07. The molecular weight excluding hydrogens is 228 g/mol. The number of nitrogens with zero attached hydrogens (tertiary/aromatic N) is 2. The van der Waals surface area contributed by atoms with E-state index in [1.54, 1.807) is 18.3 Å². The van der Waals surface area contributed by atoms with Gasteiger partial charge in [-0.3, -0.25) is 9.78 Å². The molecule has 0 unspecified atom stereocenters. The number of nitrogens with two attached hydrogens (primary N) is 1. The lowest BCUT2D eigenvalue weighted by atomic mass is 10.1. The van der Waals surface area contributed by atoms with E-state index in [1.807, 2.05) is 18.3 Å². The summed E-state index contributed by atoms with van der Waals surface area (Å²) in [6.07, 6.45) is 5.04. The van der Waals surface area contributed by atoms with Gasteiger partial charge in [0.15, 0.2) is 0 Å². The van der Waals surface area contributed by atoms with Crippen LogP contribution in [0.1, 0.15) is 10.4 Å². The maximum atomic E-state index is 11.0. The standard InChI is InChI=1S/C13H10N4O/c14-12(18)8-1-2-11(17-7-8)9-3-5-15-13-10(9)4-6-16-13/h1-7H,(H2,14,18)(H,15,16). The highest BCUT2D eigenvalue weighted by molar-refractivity contribution is 5.94. The molecule has 0 saturated carbocycles. The number of nitrogens with one attached hydrogen (secondary N) is 1. The van der Waals surface area contributed by atoms with E-state index in [2.05, 4.69) is 15.0 Å². The first-order chi connectivity index (χ1) is 8.75. The number of rotatable bonds is 2. The summed E-state index contributed by atoms with van der Waals surface area (Å²) < 4.78 is 0. The number of hydrogen-bond acceptors (Lipinski definition) is 3. The number of H-pyrrole nitrogens is 1. The second kappa shape index (κ2) is 3.96. The van der Waals surface area contributed by atoms with Gasteiger partial charge in [0.2, 0.25) is 5.91 Å². The van der Waals surface area contributed by atoms with Crippen molar-refractivity contribution in [3.8, 4) is 11.3 Å². The lowest BCUT2D eigenvalue weighted by molar-refractivity contribution is 0.1000. The molecule has 3 aromatic rings. The molecule has 0 aliphatic heterocycles. The molecule has 0 spiro atoms. The van der Waals surface area contributed by atoms with Gasteiger partial charge in [0.05, 0.1) is 11.3 Å². The van der Waals surface area contributed by atoms with Crippen molar-refractivity contribution in [3.05, 3.63) is 48.4 Å². The minimum absolute atomic E-state index is 0.401. The first kappa shape index (κ1) is 10.5. The maximum Gasteiger partial charge on any atom is 0.250 e. The maximum absolute atomic E-state index is 11.0. The molecule has 3 N–H and O–H groups in total. The lowest BCUT2D eigenvalue weighted by Gasteiger charge is -2.03. The Morgan fingerprint density at radius 2 is 2.06 bits per heavy atom. The Morgan fingerprint density at radius 1 is 1.17 bits per heavy atom. The monoisotopic (exact) mass is 238 g/mol. The fraction of sp³-hybridized carbons (Fsp3) is 0. The van der Waals surface area contributed by atoms with Crippen LogP contribution in [0, 0.1) is 0 Å². The third kappa shape index (κ3) is 1.62. The Hall–Kier alpha value is -2.69. The molecule has 0 fully saturated rings. The van der Waals surface area contributed by atoms with E-state index in [0.29, 0.717) is 5.56 Å². The van der Waals surface area contributed by atoms with Crippen LogP contribution in [0.25, 0.3) is 22.3 Å². The average Bonchev–Trinajstić information content (AvgIpc) is 2.87. The minimum atomic E-state index is -0.476. The molecule has 0 aromatic carbocycles. The SMILES string of the molecule is NC(=O)c1ccc(-c2ccnc3[nH]ccc23)nc1. The number of aromatic nitrogens is 3. The van der Waals surface area contributed by atoms with Gasteiger partial charge in [-0.15, -0.1) is 0 Å². The summed E-state index contributed by atoms with van der Waals surface area (Å²) in [7, 11) is 0. The largest absolute Gasteiger partial charge is 0.366 e. The zero-order valence-corrected chi connectivity index (χ0v) is 9.42. The molecule has 0 atom stereocenters. The Morgan fingerprint density at radius 3 is 2.78 bits per heavy atom. The van der Waals surface area contributed by atoms with Crippen molar-refractivity contribution < 1.29 is 4.79 Å². The third-order valence-corrected chi connectivity index (χ3v) is 2.78. The molecule has 5 nitrogen and oxygen atoms in total. The Balaban J connectivity index is 2.14. The Labute approximate surface area is 103 Å². The molecule has 0 saturated heterocycles. The van der Waals surface area contributed by atoms with Crippen molar-refractivity contribution in [2.45, 2.75) is 0 Å². The predicted molar refractivity (Wildman–Crippen MR) is 67.8 cm³/mol. The van der Waals surface area contributed by atoms with Crippen LogP contribution in [-0.4, -0.2) is 20.9 Å². The van der Waals surface area contributed by atoms with Crippen molar-refractivity contribution in [1.29, 1.82) is 0 Å². The van der Waals surface area contributed by atoms with Gasteiger partial charge in [-0.05, 0) is 24.3 Å². The van der Waals surface area contributed by atoms with Crippen LogP contribution in [0.15, 0.2) is 42.9 Å². The highest BCUT2D eigenvalue weighted by Crippen LogP contribution is 2.25. The summed E-state index contributed by atoms with van der Waals surface area (Å²) in [6, 6.07) is 7.29. The third-order valence-electron chi connectivity index (χ3n) is 2.78. The number of carbonyl (C=O) groups is 1. The van der Waals surface area contributed by atoms with Crippen LogP contribution in [0.5, 0.6) is 0 Å². The van der Waals surface area contributed by atoms with E-state index in [-0.39, 0.29) is 0 Å². The zero-order chi connectivity index (χ0) is 12.5. The number of pyridine rings is 2. The van der Waals surface area contributed by atoms with Crippen LogP contribution in [0.2, 0.25) is 0 Å². The molecule has 1 amide bonds. The Bertz CT molecular complexity index is 715. The topological polar surface area (TPSA) is 84.7 Å². The highest BCUT2D eigenvalue weighted by atomic mass is 16.1. The van der Waals surface area contributed by atoms with Crippen LogP contribution < -0.4 is 5.73 Å². The van der Waals surface area contributed by atoms with Gasteiger partial charge in [-0.2, -0.15) is 0 Å². The molecule has 0 radical (unpaired) electrons. The molecule has 18 heavy (non-hydrogen) atoms. The number of hydrogen-bond donors (Lipinski definition) is 2. The summed E-state index contributed by atoms with van der Waals surface area (Å²) in [4.78, 5) is 22.5. The molecule has 88 valence electrons. The van der Waals surface area contributed by atoms with E-state index in [1.165, 1.54) is 6.20 Å². The van der Waals surface area contributed by atoms with Crippen molar-refractivity contribution in [1.82, 2.24) is 15.0 Å². The van der Waals surface area contributed by atoms with Gasteiger partial charge < -0.3 is 10.7 Å². The molecular formula is C13H10N4O. The molecule has 3 rings (SSSR count). The van der Waals surface area contributed by atoms with Gasteiger partial charge in [0.1, 0.15) is 5.65 Å². The van der Waals surface area contributed by atoms with E-state index in [9.17, 15) is 4.79 Å². The van der Waals surface area contributed by atoms with Crippen LogP contribution in [0.4, 0.5) is 0 Å². The fourth-order valence-corrected chi connectivity index (χ4v) is 1.88. The van der Waals surface area contributed by atoms with Crippen LogP contribution in [0.3, 0.4) is 0 Å². The van der Waals surface area contributed by atoms with Crippen molar-refractivity contribution >= 4 is 16.9 Å². The lowest BCUT2D eigenvalue weighted by Crippen LogP contribution is -2.10. The fourth-order valence-electron chi connectivity index (χ4n) is 1.88. The van der Waals surface area contributed by atoms with Crippen LogP contribution >= 0.6 is 0 Å². The second-order valence-corrected chi connectivity index (χ2v) is 3.89. The van der Waals surface area contributed by atoms with Crippen LogP contribution in [-0.2, 0) is 0 Å². The molecule has 0 bridgehead atoms. The van der Waals surface area contributed by atoms with Gasteiger partial charge in [0.25, 0.3) is 0 Å². The smallest absolute Gasteiger partial charge is 0.250 e. The van der Waals surface area contributed by atoms with Gasteiger partial charge in [-0.25, -0.2) is 4.98 Å². The summed E-state index contributed by atoms with van der Waals surface area (Å²) in [5.74, 6) is -0.476. The number of aromatic amines is 1. The van der Waals surface area contributed by atoms with Crippen molar-refractivity contribution in [2.75, 3.05) is 0 Å². The zero-order valence-electron chi connectivity index (χ0n) is 9.42. The number of amides is 1. The van der Waals surface area contributed by atoms with Crippen molar-refractivity contribution in [2.24, 2.45) is 5.73 Å². The number of carbonyl (C=O) groups excluding carboxylic acids is 1. The summed E-state index contributed by atoms with van der Waals surface area (Å²) in [5, 5.41) is 0.997. The molecule has 0 aliphatic rings. The summed E-state index contributed by atoms with van der Waals surface area (Å²) >= 11 is 0. The first-order valence-corrected chi connectivity index (χ1v) is 5.44. The van der Waals surface area contributed by atoms with Gasteiger partial charge in [0, 0.05) is 29.5 Å². The van der Waals surface area contributed by atoms with E-state index in [0.717, 1.165) is 22.3 Å². The second-order valence-electron chi connectivity index (χ2n) is 3.89. The van der Waals surface area contributed by atoms with E-state index < -0.39 is 5.91 Å². The average molecular weight is 238 g/mol. The molecule has 3 heterocycles. The van der Waals surface area contributed by atoms with E-state index >= 15 is 0 Å². The number of fused-ring (bicyclic) bond motifs is 1. The molecule has 5 heteroatoms. The molecule has 0 aliphatic carbocycles. The van der Waals surface area contributed by atoms with Crippen molar-refractivity contribution in [3.63, 3.8) is 0 Å². The Kier molecular flexibility index (Phi) is 2.30.